The third-order valence-corrected chi connectivity index (χ3v) is 1.48. The molecule has 0 spiro atoms. The van der Waals surface area contributed by atoms with Crippen LogP contribution in [0.25, 0.3) is 0 Å². The maximum Gasteiger partial charge on any atom is 0.00617 e. The highest BCUT2D eigenvalue weighted by Gasteiger charge is 2.03. The molecule has 0 radical (unpaired) electrons. The molecule has 0 saturated heterocycles. The standard InChI is InChI=1S/C7H17N.ClH/c1-4-5-7(8)6(2)3;/h6-7H,4-5,8H2,1-3H3;1H/t7-;/m1./s1. The molecule has 0 aliphatic carbocycles. The van der Waals surface area contributed by atoms with Crippen LogP contribution in [0.3, 0.4) is 0 Å². The second kappa shape index (κ2) is 6.37. The average molecular weight is 152 g/mol. The lowest BCUT2D eigenvalue weighted by Gasteiger charge is -2.12. The zero-order valence-corrected chi connectivity index (χ0v) is 7.37. The van der Waals surface area contributed by atoms with Crippen LogP contribution >= 0.6 is 12.4 Å². The largest absolute Gasteiger partial charge is 0.327 e. The van der Waals surface area contributed by atoms with E-state index in [0.29, 0.717) is 12.0 Å². The number of hydrogen-bond donors (Lipinski definition) is 1. The maximum atomic E-state index is 5.73. The Balaban J connectivity index is 0. The average Bonchev–Trinajstić information content (AvgIpc) is 1.67. The first-order valence-electron chi connectivity index (χ1n) is 3.44. The fourth-order valence-electron chi connectivity index (χ4n) is 0.667. The summed E-state index contributed by atoms with van der Waals surface area (Å²) in [6.07, 6.45) is 2.37. The third kappa shape index (κ3) is 6.13. The number of nitrogens with two attached hydrogens (primary N) is 1. The van der Waals surface area contributed by atoms with Crippen molar-refractivity contribution in [2.75, 3.05) is 0 Å². The highest BCUT2D eigenvalue weighted by atomic mass is 35.5. The topological polar surface area (TPSA) is 26.0 Å². The Morgan fingerprint density at radius 1 is 1.33 bits per heavy atom. The fourth-order valence-corrected chi connectivity index (χ4v) is 0.667. The quantitative estimate of drug-likeness (QED) is 0.658. The Bertz CT molecular complexity index is 54.9. The van der Waals surface area contributed by atoms with Gasteiger partial charge in [0.05, 0.1) is 0 Å². The van der Waals surface area contributed by atoms with Crippen LogP contribution < -0.4 is 5.73 Å². The molecule has 0 aromatic rings. The molecule has 0 saturated carbocycles. The SMILES string of the molecule is CCC[C@@H](N)C(C)C.Cl. The molecule has 0 aliphatic heterocycles. The highest BCUT2D eigenvalue weighted by Crippen LogP contribution is 2.03. The van der Waals surface area contributed by atoms with Crippen LogP contribution in [0.4, 0.5) is 0 Å². The first-order valence-corrected chi connectivity index (χ1v) is 3.44. The molecule has 1 nitrogen and oxygen atoms in total. The zero-order chi connectivity index (χ0) is 6.57. The summed E-state index contributed by atoms with van der Waals surface area (Å²) in [5, 5.41) is 0. The maximum absolute atomic E-state index is 5.73. The Labute approximate surface area is 64.4 Å². The van der Waals surface area contributed by atoms with Crippen LogP contribution in [0, 0.1) is 5.92 Å². The van der Waals surface area contributed by atoms with Crippen molar-refractivity contribution in [1.29, 1.82) is 0 Å². The Kier molecular flexibility index (Phi) is 8.48. The van der Waals surface area contributed by atoms with Crippen LogP contribution in [0.15, 0.2) is 0 Å². The monoisotopic (exact) mass is 151 g/mol. The van der Waals surface area contributed by atoms with Crippen LogP contribution in [0.2, 0.25) is 0 Å². The Morgan fingerprint density at radius 3 is 1.89 bits per heavy atom. The molecule has 0 aromatic carbocycles. The minimum Gasteiger partial charge on any atom is -0.327 e. The molecule has 0 fully saturated rings. The second-order valence-electron chi connectivity index (χ2n) is 2.70. The lowest BCUT2D eigenvalue weighted by Crippen LogP contribution is -2.25. The van der Waals surface area contributed by atoms with E-state index in [1.165, 1.54) is 6.42 Å². The molecule has 0 aliphatic rings. The van der Waals surface area contributed by atoms with Gasteiger partial charge in [0, 0.05) is 6.04 Å². The van der Waals surface area contributed by atoms with Crippen LogP contribution in [-0.4, -0.2) is 6.04 Å². The van der Waals surface area contributed by atoms with Gasteiger partial charge >= 0.3 is 0 Å². The number of rotatable bonds is 3. The van der Waals surface area contributed by atoms with E-state index in [1.807, 2.05) is 0 Å². The van der Waals surface area contributed by atoms with Crippen molar-refractivity contribution in [3.05, 3.63) is 0 Å². The summed E-state index contributed by atoms with van der Waals surface area (Å²) in [7, 11) is 0. The molecular weight excluding hydrogens is 134 g/mol. The molecule has 1 atom stereocenters. The van der Waals surface area contributed by atoms with E-state index in [4.69, 9.17) is 5.73 Å². The third-order valence-electron chi connectivity index (χ3n) is 1.48. The zero-order valence-electron chi connectivity index (χ0n) is 6.55. The van der Waals surface area contributed by atoms with Crippen LogP contribution in [0.1, 0.15) is 33.6 Å². The van der Waals surface area contributed by atoms with Gasteiger partial charge in [-0.1, -0.05) is 27.2 Å². The van der Waals surface area contributed by atoms with E-state index in [1.54, 1.807) is 0 Å². The Morgan fingerprint density at radius 2 is 1.78 bits per heavy atom. The predicted octanol–water partition coefficient (Wildman–Crippen LogP) is 2.19. The normalized spacial score (nSPS) is 13.0. The molecule has 0 amide bonds. The minimum absolute atomic E-state index is 0. The van der Waals surface area contributed by atoms with Crippen LogP contribution in [0.5, 0.6) is 0 Å². The van der Waals surface area contributed by atoms with Gasteiger partial charge in [-0.15, -0.1) is 12.4 Å². The summed E-state index contributed by atoms with van der Waals surface area (Å²) < 4.78 is 0. The molecule has 0 aromatic heterocycles. The van der Waals surface area contributed by atoms with Gasteiger partial charge in [0.2, 0.25) is 0 Å². The minimum atomic E-state index is 0. The summed E-state index contributed by atoms with van der Waals surface area (Å²) in [5.41, 5.74) is 5.73. The summed E-state index contributed by atoms with van der Waals surface area (Å²) in [5.74, 6) is 0.648. The Hall–Kier alpha value is 0.250. The van der Waals surface area contributed by atoms with E-state index in [2.05, 4.69) is 20.8 Å². The molecule has 0 heterocycles. The lowest BCUT2D eigenvalue weighted by atomic mass is 10.0. The van der Waals surface area contributed by atoms with Crippen molar-refractivity contribution >= 4 is 12.4 Å². The van der Waals surface area contributed by atoms with Crippen molar-refractivity contribution in [3.63, 3.8) is 0 Å². The smallest absolute Gasteiger partial charge is 0.00617 e. The van der Waals surface area contributed by atoms with Crippen molar-refractivity contribution in [3.8, 4) is 0 Å². The van der Waals surface area contributed by atoms with E-state index < -0.39 is 0 Å². The second-order valence-corrected chi connectivity index (χ2v) is 2.70. The van der Waals surface area contributed by atoms with Gasteiger partial charge in [0.15, 0.2) is 0 Å². The van der Waals surface area contributed by atoms with Gasteiger partial charge in [-0.2, -0.15) is 0 Å². The molecule has 0 unspecified atom stereocenters. The van der Waals surface area contributed by atoms with Gasteiger partial charge in [0.1, 0.15) is 0 Å². The van der Waals surface area contributed by atoms with E-state index in [9.17, 15) is 0 Å². The van der Waals surface area contributed by atoms with Crippen molar-refractivity contribution < 1.29 is 0 Å². The molecule has 0 rings (SSSR count). The van der Waals surface area contributed by atoms with Crippen molar-refractivity contribution in [1.82, 2.24) is 0 Å². The number of hydrogen-bond acceptors (Lipinski definition) is 1. The first-order chi connectivity index (χ1) is 3.68. The van der Waals surface area contributed by atoms with Gasteiger partial charge in [-0.3, -0.25) is 0 Å². The van der Waals surface area contributed by atoms with E-state index in [-0.39, 0.29) is 12.4 Å². The molecular formula is C7H18ClN. The summed E-state index contributed by atoms with van der Waals surface area (Å²) in [6, 6.07) is 0.417. The molecule has 2 heteroatoms. The van der Waals surface area contributed by atoms with Gasteiger partial charge in [-0.25, -0.2) is 0 Å². The lowest BCUT2D eigenvalue weighted by molar-refractivity contribution is 0.460. The van der Waals surface area contributed by atoms with Gasteiger partial charge in [-0.05, 0) is 12.3 Å². The summed E-state index contributed by atoms with van der Waals surface area (Å²) in [6.45, 7) is 6.50. The van der Waals surface area contributed by atoms with E-state index >= 15 is 0 Å². The first kappa shape index (κ1) is 12.0. The fraction of sp³-hybridized carbons (Fsp3) is 1.00. The molecule has 9 heavy (non-hydrogen) atoms. The van der Waals surface area contributed by atoms with Crippen LogP contribution in [-0.2, 0) is 0 Å². The molecule has 58 valence electrons. The summed E-state index contributed by atoms with van der Waals surface area (Å²) >= 11 is 0. The summed E-state index contributed by atoms with van der Waals surface area (Å²) in [4.78, 5) is 0. The molecule has 2 N–H and O–H groups in total. The highest BCUT2D eigenvalue weighted by molar-refractivity contribution is 5.85. The number of halogens is 1. The van der Waals surface area contributed by atoms with Crippen molar-refractivity contribution in [2.24, 2.45) is 11.7 Å². The van der Waals surface area contributed by atoms with Gasteiger partial charge < -0.3 is 5.73 Å². The van der Waals surface area contributed by atoms with Gasteiger partial charge in [0.25, 0.3) is 0 Å². The molecule has 0 bridgehead atoms. The predicted molar refractivity (Wildman–Crippen MR) is 45.0 cm³/mol. The van der Waals surface area contributed by atoms with E-state index in [0.717, 1.165) is 6.42 Å². The van der Waals surface area contributed by atoms with Crippen molar-refractivity contribution in [2.45, 2.75) is 39.7 Å².